The second-order valence-corrected chi connectivity index (χ2v) is 3.80. The first kappa shape index (κ1) is 12.3. The lowest BCUT2D eigenvalue weighted by Gasteiger charge is -2.24. The molecule has 1 fully saturated rings. The molecule has 6 heteroatoms. The summed E-state index contributed by atoms with van der Waals surface area (Å²) in [4.78, 5) is 23.9. The van der Waals surface area contributed by atoms with E-state index in [0.29, 0.717) is 5.56 Å². The van der Waals surface area contributed by atoms with Gasteiger partial charge in [0.05, 0.1) is 0 Å². The number of nitrogens with zero attached hydrogens (tertiary/aromatic N) is 2. The second kappa shape index (κ2) is 5.03. The van der Waals surface area contributed by atoms with E-state index in [9.17, 15) is 9.59 Å². The molecule has 2 N–H and O–H groups in total. The number of carbonyl (C=O) groups excluding carboxylic acids is 2. The summed E-state index contributed by atoms with van der Waals surface area (Å²) in [6.45, 7) is 0. The molecule has 1 aromatic rings. The van der Waals surface area contributed by atoms with Crippen LogP contribution in [0.1, 0.15) is 11.5 Å². The molecule has 1 aliphatic rings. The second-order valence-electron chi connectivity index (χ2n) is 3.80. The van der Waals surface area contributed by atoms with Crippen LogP contribution in [0.3, 0.4) is 0 Å². The minimum absolute atomic E-state index is 0.160. The molecular weight excluding hydrogens is 244 g/mol. The molecule has 2 amide bonds. The van der Waals surface area contributed by atoms with Crippen LogP contribution < -0.4 is 10.6 Å². The number of hydrogen-bond donors (Lipinski definition) is 2. The predicted molar refractivity (Wildman–Crippen MR) is 63.7 cm³/mol. The van der Waals surface area contributed by atoms with Crippen molar-refractivity contribution in [3.05, 3.63) is 47.3 Å². The van der Waals surface area contributed by atoms with E-state index in [0.717, 1.165) is 0 Å². The van der Waals surface area contributed by atoms with Crippen LogP contribution in [0, 0.1) is 22.7 Å². The Labute approximate surface area is 108 Å². The van der Waals surface area contributed by atoms with Gasteiger partial charge in [-0.2, -0.15) is 10.5 Å². The monoisotopic (exact) mass is 252 g/mol. The number of amides is 2. The molecule has 0 saturated carbocycles. The molecule has 0 bridgehead atoms. The number of hydrogen-bond acceptors (Lipinski definition) is 4. The van der Waals surface area contributed by atoms with E-state index in [4.69, 9.17) is 10.5 Å². The summed E-state index contributed by atoms with van der Waals surface area (Å²) in [5.74, 6) is -2.27. The third-order valence-electron chi connectivity index (χ3n) is 2.63. The van der Waals surface area contributed by atoms with E-state index < -0.39 is 17.7 Å². The van der Waals surface area contributed by atoms with Gasteiger partial charge in [0.1, 0.15) is 23.9 Å². The molecular formula is C13H8N4O2. The zero-order valence-electron chi connectivity index (χ0n) is 9.68. The van der Waals surface area contributed by atoms with Gasteiger partial charge in [0, 0.05) is 0 Å². The lowest BCUT2D eigenvalue weighted by molar-refractivity contribution is -0.133. The third kappa shape index (κ3) is 2.28. The summed E-state index contributed by atoms with van der Waals surface area (Å²) in [7, 11) is 0. The summed E-state index contributed by atoms with van der Waals surface area (Å²) in [5.41, 5.74) is 0.209. The van der Waals surface area contributed by atoms with Crippen molar-refractivity contribution in [2.24, 2.45) is 0 Å². The molecule has 0 spiro atoms. The summed E-state index contributed by atoms with van der Waals surface area (Å²) in [6.07, 6.45) is 0. The van der Waals surface area contributed by atoms with E-state index in [2.05, 4.69) is 10.6 Å². The van der Waals surface area contributed by atoms with Crippen molar-refractivity contribution < 1.29 is 9.59 Å². The SMILES string of the molecule is N#CC(C#N)=C1NC(=O)C(c2ccccc2)C(=O)N1. The molecule has 19 heavy (non-hydrogen) atoms. The van der Waals surface area contributed by atoms with E-state index in [-0.39, 0.29) is 11.4 Å². The number of allylic oxidation sites excluding steroid dienone is 1. The number of rotatable bonds is 1. The van der Waals surface area contributed by atoms with Gasteiger partial charge in [-0.1, -0.05) is 30.3 Å². The van der Waals surface area contributed by atoms with Crippen molar-refractivity contribution >= 4 is 11.8 Å². The van der Waals surface area contributed by atoms with E-state index in [1.54, 1.807) is 42.5 Å². The highest BCUT2D eigenvalue weighted by molar-refractivity contribution is 6.09. The maximum absolute atomic E-state index is 11.9. The smallest absolute Gasteiger partial charge is 0.242 e. The van der Waals surface area contributed by atoms with Crippen molar-refractivity contribution in [2.75, 3.05) is 0 Å². The number of nitriles is 2. The Morgan fingerprint density at radius 2 is 1.53 bits per heavy atom. The molecule has 0 atom stereocenters. The average molecular weight is 252 g/mol. The van der Waals surface area contributed by atoms with Crippen molar-refractivity contribution in [1.82, 2.24) is 10.6 Å². The largest absolute Gasteiger partial charge is 0.309 e. The Balaban J connectivity index is 2.35. The molecule has 92 valence electrons. The molecule has 1 aliphatic heterocycles. The van der Waals surface area contributed by atoms with Gasteiger partial charge in [0.15, 0.2) is 5.57 Å². The van der Waals surface area contributed by atoms with Gasteiger partial charge in [-0.15, -0.1) is 0 Å². The average Bonchev–Trinajstić information content (AvgIpc) is 2.40. The highest BCUT2D eigenvalue weighted by atomic mass is 16.2. The minimum atomic E-state index is -0.983. The summed E-state index contributed by atoms with van der Waals surface area (Å²) in [6, 6.07) is 11.7. The van der Waals surface area contributed by atoms with Gasteiger partial charge in [-0.3, -0.25) is 9.59 Å². The number of nitrogens with one attached hydrogen (secondary N) is 2. The normalized spacial score (nSPS) is 17.8. The van der Waals surface area contributed by atoms with Gasteiger partial charge in [0.2, 0.25) is 11.8 Å². The quantitative estimate of drug-likeness (QED) is 0.552. The van der Waals surface area contributed by atoms with Gasteiger partial charge >= 0.3 is 0 Å². The van der Waals surface area contributed by atoms with Crippen LogP contribution in [0.15, 0.2) is 41.7 Å². The van der Waals surface area contributed by atoms with Crippen LogP contribution >= 0.6 is 0 Å². The summed E-state index contributed by atoms with van der Waals surface area (Å²) in [5, 5.41) is 22.1. The molecule has 0 unspecified atom stereocenters. The maximum Gasteiger partial charge on any atom is 0.242 e. The van der Waals surface area contributed by atoms with Crippen LogP contribution in [0.4, 0.5) is 0 Å². The fourth-order valence-electron chi connectivity index (χ4n) is 1.75. The molecule has 2 rings (SSSR count). The van der Waals surface area contributed by atoms with E-state index in [1.807, 2.05) is 0 Å². The van der Waals surface area contributed by atoms with Crippen LogP contribution in [0.25, 0.3) is 0 Å². The van der Waals surface area contributed by atoms with E-state index in [1.165, 1.54) is 0 Å². The fourth-order valence-corrected chi connectivity index (χ4v) is 1.75. The third-order valence-corrected chi connectivity index (χ3v) is 2.63. The first-order valence-electron chi connectivity index (χ1n) is 5.38. The Morgan fingerprint density at radius 1 is 1.00 bits per heavy atom. The molecule has 1 heterocycles. The Bertz CT molecular complexity index is 613. The standard InChI is InChI=1S/C13H8N4O2/c14-6-9(7-15)11-16-12(18)10(13(19)17-11)8-4-2-1-3-5-8/h1-5,10H,(H,16,18)(H,17,19). The van der Waals surface area contributed by atoms with Crippen LogP contribution in [0.2, 0.25) is 0 Å². The Kier molecular flexibility index (Phi) is 3.26. The number of benzene rings is 1. The molecule has 0 radical (unpaired) electrons. The number of carbonyl (C=O) groups is 2. The molecule has 0 aliphatic carbocycles. The zero-order chi connectivity index (χ0) is 13.8. The van der Waals surface area contributed by atoms with E-state index >= 15 is 0 Å². The zero-order valence-corrected chi connectivity index (χ0v) is 9.68. The maximum atomic E-state index is 11.9. The van der Waals surface area contributed by atoms with Crippen molar-refractivity contribution in [3.63, 3.8) is 0 Å². The van der Waals surface area contributed by atoms with Gasteiger partial charge < -0.3 is 10.6 Å². The highest BCUT2D eigenvalue weighted by Gasteiger charge is 2.34. The lowest BCUT2D eigenvalue weighted by Crippen LogP contribution is -2.49. The van der Waals surface area contributed by atoms with Gasteiger partial charge in [0.25, 0.3) is 0 Å². The summed E-state index contributed by atoms with van der Waals surface area (Å²) >= 11 is 0. The topological polar surface area (TPSA) is 106 Å². The Hall–Kier alpha value is -3.12. The first-order valence-corrected chi connectivity index (χ1v) is 5.38. The molecule has 1 saturated heterocycles. The van der Waals surface area contributed by atoms with Crippen LogP contribution in [-0.4, -0.2) is 11.8 Å². The molecule has 6 nitrogen and oxygen atoms in total. The Morgan fingerprint density at radius 3 is 2.00 bits per heavy atom. The fraction of sp³-hybridized carbons (Fsp3) is 0.0769. The van der Waals surface area contributed by atoms with Gasteiger partial charge in [-0.25, -0.2) is 0 Å². The summed E-state index contributed by atoms with van der Waals surface area (Å²) < 4.78 is 0. The lowest BCUT2D eigenvalue weighted by atomic mass is 9.95. The molecule has 0 aromatic heterocycles. The predicted octanol–water partition coefficient (Wildman–Crippen LogP) is 0.275. The van der Waals surface area contributed by atoms with Crippen molar-refractivity contribution in [1.29, 1.82) is 10.5 Å². The highest BCUT2D eigenvalue weighted by Crippen LogP contribution is 2.20. The van der Waals surface area contributed by atoms with Gasteiger partial charge in [-0.05, 0) is 5.56 Å². The van der Waals surface area contributed by atoms with Crippen molar-refractivity contribution in [2.45, 2.75) is 5.92 Å². The van der Waals surface area contributed by atoms with Crippen LogP contribution in [0.5, 0.6) is 0 Å². The first-order chi connectivity index (χ1) is 9.17. The van der Waals surface area contributed by atoms with Crippen molar-refractivity contribution in [3.8, 4) is 12.1 Å². The molecule has 1 aromatic carbocycles. The van der Waals surface area contributed by atoms with Crippen LogP contribution in [-0.2, 0) is 9.59 Å². The minimum Gasteiger partial charge on any atom is -0.309 e.